The second kappa shape index (κ2) is 8.20. The lowest BCUT2D eigenvalue weighted by molar-refractivity contribution is -0.137. The van der Waals surface area contributed by atoms with Crippen molar-refractivity contribution in [3.05, 3.63) is 34.9 Å². The van der Waals surface area contributed by atoms with Gasteiger partial charge in [0.25, 0.3) is 6.08 Å². The maximum absolute atomic E-state index is 13.9. The van der Waals surface area contributed by atoms with Crippen LogP contribution in [0.25, 0.3) is 0 Å². The van der Waals surface area contributed by atoms with E-state index in [4.69, 9.17) is 4.74 Å². The molecule has 0 radical (unpaired) electrons. The normalized spacial score (nSPS) is 21.0. The first-order valence-electron chi connectivity index (χ1n) is 9.61. The molecule has 0 aliphatic carbocycles. The number of nitrogens with zero attached hydrogens (tertiary/aromatic N) is 2. The highest BCUT2D eigenvalue weighted by molar-refractivity contribution is 7.90. The molecule has 2 aliphatic heterocycles. The number of ether oxygens (including phenoxy) is 1. The summed E-state index contributed by atoms with van der Waals surface area (Å²) in [6.45, 7) is 5.62. The molecule has 2 aliphatic rings. The zero-order valence-corrected chi connectivity index (χ0v) is 18.1. The third kappa shape index (κ3) is 4.55. The Morgan fingerprint density at radius 3 is 2.27 bits per heavy atom. The van der Waals surface area contributed by atoms with Gasteiger partial charge in [-0.3, -0.25) is 0 Å². The van der Waals surface area contributed by atoms with Crippen LogP contribution in [0.15, 0.2) is 23.8 Å². The number of fused-ring (bicyclic) bond motifs is 1. The lowest BCUT2D eigenvalue weighted by atomic mass is 9.99. The number of hydrogen-bond donors (Lipinski definition) is 0. The predicted octanol–water partition coefficient (Wildman–Crippen LogP) is 5.28. The third-order valence-electron chi connectivity index (χ3n) is 5.39. The van der Waals surface area contributed by atoms with Gasteiger partial charge in [0.05, 0.1) is 11.3 Å². The average Bonchev–Trinajstić information content (AvgIpc) is 3.07. The molecule has 1 aromatic rings. The van der Waals surface area contributed by atoms with Gasteiger partial charge in [0, 0.05) is 43.1 Å². The molecule has 3 rings (SSSR count). The first-order valence-corrected chi connectivity index (χ1v) is 10.7. The molecule has 30 heavy (non-hydrogen) atoms. The van der Waals surface area contributed by atoms with Gasteiger partial charge >= 0.3 is 6.18 Å². The zero-order chi connectivity index (χ0) is 22.4. The molecule has 168 valence electrons. The van der Waals surface area contributed by atoms with Crippen LogP contribution in [0.5, 0.6) is 5.75 Å². The fourth-order valence-electron chi connectivity index (χ4n) is 3.77. The first-order chi connectivity index (χ1) is 13.8. The lowest BCUT2D eigenvalue weighted by Gasteiger charge is -2.34. The molecule has 0 aromatic heterocycles. The molecule has 1 fully saturated rings. The molecule has 0 spiro atoms. The quantitative estimate of drug-likeness (QED) is 0.462. The van der Waals surface area contributed by atoms with Crippen molar-refractivity contribution in [1.29, 1.82) is 0 Å². The number of alkyl halides is 3. The molecule has 4 nitrogen and oxygen atoms in total. The Bertz CT molecular complexity index is 824. The summed E-state index contributed by atoms with van der Waals surface area (Å²) < 4.78 is 86.6. The smallest absolute Gasteiger partial charge is 0.418 e. The molecule has 2 heterocycles. The van der Waals surface area contributed by atoms with Gasteiger partial charge in [-0.15, -0.1) is 4.31 Å². The summed E-state index contributed by atoms with van der Waals surface area (Å²) in [7, 11) is 1.61. The van der Waals surface area contributed by atoms with Crippen molar-refractivity contribution >= 4 is 17.0 Å². The molecular formula is C20H25F5N2O2S. The summed E-state index contributed by atoms with van der Waals surface area (Å²) in [5.74, 6) is 0.304. The Balaban J connectivity index is 1.96. The van der Waals surface area contributed by atoms with Crippen molar-refractivity contribution in [2.75, 3.05) is 31.6 Å². The van der Waals surface area contributed by atoms with E-state index in [-0.39, 0.29) is 43.8 Å². The Morgan fingerprint density at radius 1 is 1.17 bits per heavy atom. The Labute approximate surface area is 176 Å². The summed E-state index contributed by atoms with van der Waals surface area (Å²) in [5.41, 5.74) is -0.582. The Hall–Kier alpha value is -1.52. The van der Waals surface area contributed by atoms with E-state index in [9.17, 15) is 26.5 Å². The van der Waals surface area contributed by atoms with Crippen molar-refractivity contribution in [1.82, 2.24) is 4.31 Å². The molecule has 0 bridgehead atoms. The lowest BCUT2D eigenvalue weighted by Crippen LogP contribution is -2.43. The largest absolute Gasteiger partial charge is 0.597 e. The van der Waals surface area contributed by atoms with E-state index in [1.54, 1.807) is 27.8 Å². The molecular weight excluding hydrogens is 427 g/mol. The van der Waals surface area contributed by atoms with Gasteiger partial charge in [-0.25, -0.2) is 0 Å². The molecule has 2 unspecified atom stereocenters. The van der Waals surface area contributed by atoms with E-state index in [0.717, 1.165) is 6.07 Å². The Kier molecular flexibility index (Phi) is 6.33. The molecule has 1 saturated heterocycles. The molecule has 1 aromatic carbocycles. The van der Waals surface area contributed by atoms with Crippen LogP contribution in [0, 0.1) is 0 Å². The van der Waals surface area contributed by atoms with E-state index in [1.165, 1.54) is 15.3 Å². The molecule has 2 atom stereocenters. The number of piperidine rings is 1. The van der Waals surface area contributed by atoms with Gasteiger partial charge in [-0.1, -0.05) is 0 Å². The molecule has 0 saturated carbocycles. The van der Waals surface area contributed by atoms with Crippen LogP contribution in [0.3, 0.4) is 0 Å². The maximum Gasteiger partial charge on any atom is 0.418 e. The number of anilines is 1. The van der Waals surface area contributed by atoms with Gasteiger partial charge in [0.15, 0.2) is 0 Å². The van der Waals surface area contributed by atoms with Gasteiger partial charge in [-0.05, 0) is 45.3 Å². The molecule has 0 amide bonds. The van der Waals surface area contributed by atoms with E-state index in [1.807, 2.05) is 0 Å². The first kappa shape index (κ1) is 23.1. The number of likely N-dealkylation sites (N-methyl/N-ethyl adjacent to an activating group) is 1. The third-order valence-corrected chi connectivity index (χ3v) is 7.21. The minimum atomic E-state index is -4.62. The standard InChI is InChI=1S/C20H25F5N2O2S/c1-19(2,3)30(28)26(4)16-11-29-17-10-15(14(9-13(16)17)20(23,24)25)27-7-5-12(6-8-27)18(21)22/h9-10,16H,5-8,11H2,1-4H3. The highest BCUT2D eigenvalue weighted by Gasteiger charge is 2.43. The van der Waals surface area contributed by atoms with Crippen molar-refractivity contribution < 1.29 is 31.2 Å². The predicted molar refractivity (Wildman–Crippen MR) is 106 cm³/mol. The molecule has 10 heteroatoms. The number of hydrogen-bond acceptors (Lipinski definition) is 4. The highest BCUT2D eigenvalue weighted by atomic mass is 32.2. The summed E-state index contributed by atoms with van der Waals surface area (Å²) in [6, 6.07) is 1.82. The molecule has 0 N–H and O–H groups in total. The van der Waals surface area contributed by atoms with Crippen LogP contribution >= 0.6 is 0 Å². The number of rotatable bonds is 3. The average molecular weight is 452 g/mol. The minimum Gasteiger partial charge on any atom is -0.597 e. The van der Waals surface area contributed by atoms with Gasteiger partial charge in [0.1, 0.15) is 23.1 Å². The summed E-state index contributed by atoms with van der Waals surface area (Å²) in [6.07, 6.45) is -6.33. The maximum atomic E-state index is 13.9. The minimum absolute atomic E-state index is 0.0106. The van der Waals surface area contributed by atoms with Gasteiger partial charge < -0.3 is 14.2 Å². The van der Waals surface area contributed by atoms with Crippen molar-refractivity contribution in [2.45, 2.75) is 50.6 Å². The second-order valence-electron chi connectivity index (χ2n) is 8.49. The summed E-state index contributed by atoms with van der Waals surface area (Å²) in [4.78, 5) is 1.48. The van der Waals surface area contributed by atoms with E-state index >= 15 is 0 Å². The SMILES string of the molecule is CN(C1COc2cc(N3CCC(=C(F)F)CC3)c(C(F)(F)F)cc21)[S+]([O-])C(C)(C)C. The fourth-order valence-corrected chi connectivity index (χ4v) is 5.04. The van der Waals surface area contributed by atoms with Crippen LogP contribution in [0.1, 0.15) is 50.8 Å². The zero-order valence-electron chi connectivity index (χ0n) is 17.3. The second-order valence-corrected chi connectivity index (χ2v) is 10.8. The van der Waals surface area contributed by atoms with Crippen LogP contribution in [0.4, 0.5) is 27.6 Å². The summed E-state index contributed by atoms with van der Waals surface area (Å²) in [5, 5.41) is 0. The van der Waals surface area contributed by atoms with E-state index < -0.39 is 40.0 Å². The number of benzene rings is 1. The van der Waals surface area contributed by atoms with Crippen molar-refractivity contribution in [2.24, 2.45) is 0 Å². The Morgan fingerprint density at radius 2 is 1.77 bits per heavy atom. The van der Waals surface area contributed by atoms with Crippen molar-refractivity contribution in [3.63, 3.8) is 0 Å². The fraction of sp³-hybridized carbons (Fsp3) is 0.600. The van der Waals surface area contributed by atoms with E-state index in [2.05, 4.69) is 0 Å². The van der Waals surface area contributed by atoms with Crippen LogP contribution in [0.2, 0.25) is 0 Å². The van der Waals surface area contributed by atoms with Crippen LogP contribution < -0.4 is 9.64 Å². The number of halogens is 5. The van der Waals surface area contributed by atoms with Crippen LogP contribution in [-0.4, -0.2) is 40.3 Å². The van der Waals surface area contributed by atoms with Crippen LogP contribution in [-0.2, 0) is 17.5 Å². The monoisotopic (exact) mass is 452 g/mol. The van der Waals surface area contributed by atoms with Crippen molar-refractivity contribution in [3.8, 4) is 5.75 Å². The summed E-state index contributed by atoms with van der Waals surface area (Å²) >= 11 is -1.44. The van der Waals surface area contributed by atoms with E-state index in [0.29, 0.717) is 11.3 Å². The highest BCUT2D eigenvalue weighted by Crippen LogP contribution is 2.47. The topological polar surface area (TPSA) is 38.8 Å². The van der Waals surface area contributed by atoms with Gasteiger partial charge in [-0.2, -0.15) is 22.0 Å². The van der Waals surface area contributed by atoms with Gasteiger partial charge in [0.2, 0.25) is 0 Å².